The highest BCUT2D eigenvalue weighted by Crippen LogP contribution is 2.21. The molecule has 0 heterocycles. The summed E-state index contributed by atoms with van der Waals surface area (Å²) in [6, 6.07) is 7.05. The van der Waals surface area contributed by atoms with Crippen molar-refractivity contribution < 1.29 is 10.2 Å². The molecule has 0 aliphatic carbocycles. The molecule has 13 heavy (non-hydrogen) atoms. The number of aliphatic hydroxyl groups is 2. The molecule has 1 atom stereocenters. The number of hydrogen-bond acceptors (Lipinski definition) is 3. The summed E-state index contributed by atoms with van der Waals surface area (Å²) in [6.45, 7) is -0.365. The van der Waals surface area contributed by atoms with E-state index in [4.69, 9.17) is 10.8 Å². The summed E-state index contributed by atoms with van der Waals surface area (Å²) < 4.78 is 0.925. The number of aliphatic hydroxyl groups excluding tert-OH is 1. The van der Waals surface area contributed by atoms with Gasteiger partial charge in [-0.3, -0.25) is 0 Å². The summed E-state index contributed by atoms with van der Waals surface area (Å²) in [5.41, 5.74) is 4.67. The van der Waals surface area contributed by atoms with Gasteiger partial charge in [0, 0.05) is 11.0 Å². The summed E-state index contributed by atoms with van der Waals surface area (Å²) in [4.78, 5) is 0. The van der Waals surface area contributed by atoms with Crippen LogP contribution in [0.25, 0.3) is 0 Å². The predicted molar refractivity (Wildman–Crippen MR) is 54.2 cm³/mol. The SMILES string of the molecule is NCC(O)(CO)c1ccc(Br)cc1. The summed E-state index contributed by atoms with van der Waals surface area (Å²) in [5.74, 6) is 0. The molecule has 0 saturated heterocycles. The maximum Gasteiger partial charge on any atom is 0.125 e. The van der Waals surface area contributed by atoms with Crippen LogP contribution in [0, 0.1) is 0 Å². The van der Waals surface area contributed by atoms with Crippen molar-refractivity contribution in [2.24, 2.45) is 5.73 Å². The lowest BCUT2D eigenvalue weighted by Crippen LogP contribution is -2.38. The molecule has 1 unspecified atom stereocenters. The van der Waals surface area contributed by atoms with Gasteiger partial charge >= 0.3 is 0 Å². The molecule has 3 nitrogen and oxygen atoms in total. The molecule has 0 amide bonds. The maximum absolute atomic E-state index is 9.80. The first-order chi connectivity index (χ1) is 6.12. The molecule has 0 fully saturated rings. The van der Waals surface area contributed by atoms with E-state index in [9.17, 15) is 5.11 Å². The van der Waals surface area contributed by atoms with E-state index in [0.29, 0.717) is 5.56 Å². The van der Waals surface area contributed by atoms with Gasteiger partial charge in [0.2, 0.25) is 0 Å². The molecule has 4 heteroatoms. The minimum atomic E-state index is -1.32. The molecule has 0 spiro atoms. The smallest absolute Gasteiger partial charge is 0.125 e. The summed E-state index contributed by atoms with van der Waals surface area (Å²) >= 11 is 3.28. The van der Waals surface area contributed by atoms with Crippen molar-refractivity contribution in [1.29, 1.82) is 0 Å². The number of rotatable bonds is 3. The standard InChI is InChI=1S/C9H12BrNO2/c10-8-3-1-7(2-4-8)9(13,5-11)6-12/h1-4,12-13H,5-6,11H2. The Balaban J connectivity index is 2.99. The number of halogens is 1. The van der Waals surface area contributed by atoms with E-state index in [1.54, 1.807) is 24.3 Å². The second-order valence-corrected chi connectivity index (χ2v) is 3.82. The molecule has 1 rings (SSSR count). The van der Waals surface area contributed by atoms with E-state index < -0.39 is 5.60 Å². The lowest BCUT2D eigenvalue weighted by atomic mass is 9.95. The second kappa shape index (κ2) is 4.19. The molecule has 1 aromatic rings. The van der Waals surface area contributed by atoms with Crippen LogP contribution >= 0.6 is 15.9 Å². The van der Waals surface area contributed by atoms with Crippen molar-refractivity contribution in [2.75, 3.05) is 13.2 Å². The average molecular weight is 246 g/mol. The molecule has 0 saturated carbocycles. The first-order valence-electron chi connectivity index (χ1n) is 3.92. The highest BCUT2D eigenvalue weighted by Gasteiger charge is 2.26. The molecular weight excluding hydrogens is 234 g/mol. The minimum Gasteiger partial charge on any atom is -0.393 e. The van der Waals surface area contributed by atoms with E-state index >= 15 is 0 Å². The molecule has 0 aromatic heterocycles. The minimum absolute atomic E-state index is 0.00509. The van der Waals surface area contributed by atoms with E-state index in [-0.39, 0.29) is 13.2 Å². The van der Waals surface area contributed by atoms with Crippen LogP contribution in [0.3, 0.4) is 0 Å². The van der Waals surface area contributed by atoms with Crippen molar-refractivity contribution in [3.63, 3.8) is 0 Å². The first kappa shape index (κ1) is 10.7. The van der Waals surface area contributed by atoms with Gasteiger partial charge in [-0.25, -0.2) is 0 Å². The van der Waals surface area contributed by atoms with Crippen molar-refractivity contribution >= 4 is 15.9 Å². The molecule has 0 aliphatic heterocycles. The fourth-order valence-corrected chi connectivity index (χ4v) is 1.30. The van der Waals surface area contributed by atoms with Crippen molar-refractivity contribution in [1.82, 2.24) is 0 Å². The number of hydrogen-bond donors (Lipinski definition) is 3. The van der Waals surface area contributed by atoms with Crippen molar-refractivity contribution in [2.45, 2.75) is 5.60 Å². The van der Waals surface area contributed by atoms with Gasteiger partial charge < -0.3 is 15.9 Å². The van der Waals surface area contributed by atoms with Crippen LogP contribution in [0.1, 0.15) is 5.56 Å². The number of nitrogens with two attached hydrogens (primary N) is 1. The summed E-state index contributed by atoms with van der Waals surface area (Å²) in [5, 5.41) is 18.8. The summed E-state index contributed by atoms with van der Waals surface area (Å²) in [6.07, 6.45) is 0. The quantitative estimate of drug-likeness (QED) is 0.731. The first-order valence-corrected chi connectivity index (χ1v) is 4.71. The second-order valence-electron chi connectivity index (χ2n) is 2.90. The van der Waals surface area contributed by atoms with Gasteiger partial charge in [0.05, 0.1) is 6.61 Å². The average Bonchev–Trinajstić information content (AvgIpc) is 2.18. The van der Waals surface area contributed by atoms with Gasteiger partial charge in [0.25, 0.3) is 0 Å². The summed E-state index contributed by atoms with van der Waals surface area (Å²) in [7, 11) is 0. The Kier molecular flexibility index (Phi) is 3.44. The fraction of sp³-hybridized carbons (Fsp3) is 0.333. The lowest BCUT2D eigenvalue weighted by molar-refractivity contribution is -0.0110. The largest absolute Gasteiger partial charge is 0.393 e. The Morgan fingerprint density at radius 2 is 1.85 bits per heavy atom. The molecule has 0 radical (unpaired) electrons. The van der Waals surface area contributed by atoms with Crippen molar-refractivity contribution in [3.8, 4) is 0 Å². The van der Waals surface area contributed by atoms with Crippen LogP contribution in [0.2, 0.25) is 0 Å². The van der Waals surface area contributed by atoms with Gasteiger partial charge in [0.15, 0.2) is 0 Å². The van der Waals surface area contributed by atoms with Crippen LogP contribution < -0.4 is 5.73 Å². The van der Waals surface area contributed by atoms with Crippen LogP contribution in [-0.4, -0.2) is 23.4 Å². The Bertz CT molecular complexity index is 269. The van der Waals surface area contributed by atoms with Gasteiger partial charge in [0.1, 0.15) is 5.60 Å². The lowest BCUT2D eigenvalue weighted by Gasteiger charge is -2.24. The van der Waals surface area contributed by atoms with Gasteiger partial charge in [-0.05, 0) is 17.7 Å². The van der Waals surface area contributed by atoms with Gasteiger partial charge in [-0.2, -0.15) is 0 Å². The predicted octanol–water partition coefficient (Wildman–Crippen LogP) is 0.588. The number of benzene rings is 1. The van der Waals surface area contributed by atoms with E-state index in [1.807, 2.05) is 0 Å². The zero-order chi connectivity index (χ0) is 9.90. The maximum atomic E-state index is 9.80. The zero-order valence-corrected chi connectivity index (χ0v) is 8.66. The van der Waals surface area contributed by atoms with E-state index in [2.05, 4.69) is 15.9 Å². The van der Waals surface area contributed by atoms with Gasteiger partial charge in [-0.1, -0.05) is 28.1 Å². The Morgan fingerprint density at radius 3 is 2.23 bits per heavy atom. The zero-order valence-electron chi connectivity index (χ0n) is 7.07. The Hall–Kier alpha value is -0.420. The Labute approximate surface area is 85.3 Å². The third-order valence-corrected chi connectivity index (χ3v) is 2.51. The van der Waals surface area contributed by atoms with Crippen molar-refractivity contribution in [3.05, 3.63) is 34.3 Å². The third-order valence-electron chi connectivity index (χ3n) is 1.98. The molecule has 0 aliphatic rings. The topological polar surface area (TPSA) is 66.5 Å². The van der Waals surface area contributed by atoms with Crippen LogP contribution in [0.15, 0.2) is 28.7 Å². The molecule has 4 N–H and O–H groups in total. The molecule has 72 valence electrons. The monoisotopic (exact) mass is 245 g/mol. The third kappa shape index (κ3) is 2.28. The van der Waals surface area contributed by atoms with Crippen LogP contribution in [-0.2, 0) is 5.60 Å². The van der Waals surface area contributed by atoms with E-state index in [0.717, 1.165) is 4.47 Å². The highest BCUT2D eigenvalue weighted by atomic mass is 79.9. The normalized spacial score (nSPS) is 15.4. The highest BCUT2D eigenvalue weighted by molar-refractivity contribution is 9.10. The Morgan fingerprint density at radius 1 is 1.31 bits per heavy atom. The fourth-order valence-electron chi connectivity index (χ4n) is 1.03. The van der Waals surface area contributed by atoms with Crippen LogP contribution in [0.5, 0.6) is 0 Å². The van der Waals surface area contributed by atoms with E-state index in [1.165, 1.54) is 0 Å². The molecule has 0 bridgehead atoms. The van der Waals surface area contributed by atoms with Crippen LogP contribution in [0.4, 0.5) is 0 Å². The molecule has 1 aromatic carbocycles. The molecular formula is C9H12BrNO2. The van der Waals surface area contributed by atoms with Gasteiger partial charge in [-0.15, -0.1) is 0 Å².